The van der Waals surface area contributed by atoms with Gasteiger partial charge in [0.05, 0.1) is 17.6 Å². The lowest BCUT2D eigenvalue weighted by Crippen LogP contribution is -2.14. The zero-order valence-corrected chi connectivity index (χ0v) is 7.38. The summed E-state index contributed by atoms with van der Waals surface area (Å²) in [5.41, 5.74) is 11.3. The molecule has 0 saturated carbocycles. The Morgan fingerprint density at radius 3 is 2.71 bits per heavy atom. The predicted octanol–water partition coefficient (Wildman–Crippen LogP) is 0.169. The lowest BCUT2D eigenvalue weighted by molar-refractivity contribution is -0.384. The van der Waals surface area contributed by atoms with E-state index in [-0.39, 0.29) is 18.0 Å². The van der Waals surface area contributed by atoms with Crippen LogP contribution in [-0.2, 0) is 0 Å². The second kappa shape index (κ2) is 4.03. The van der Waals surface area contributed by atoms with Gasteiger partial charge in [-0.2, -0.15) is 0 Å². The highest BCUT2D eigenvalue weighted by Crippen LogP contribution is 2.24. The van der Waals surface area contributed by atoms with Crippen LogP contribution in [0.25, 0.3) is 0 Å². The van der Waals surface area contributed by atoms with E-state index in [9.17, 15) is 10.1 Å². The minimum atomic E-state index is -0.616. The van der Waals surface area contributed by atoms with Crippen molar-refractivity contribution in [1.82, 2.24) is 0 Å². The number of nitro groups is 1. The van der Waals surface area contributed by atoms with Crippen LogP contribution in [-0.4, -0.2) is 16.6 Å². The van der Waals surface area contributed by atoms with E-state index >= 15 is 0 Å². The second-order valence-corrected chi connectivity index (χ2v) is 2.86. The van der Waals surface area contributed by atoms with Crippen LogP contribution in [0.3, 0.4) is 0 Å². The van der Waals surface area contributed by atoms with Gasteiger partial charge in [0.15, 0.2) is 0 Å². The molecule has 6 nitrogen and oxygen atoms in total. The van der Waals surface area contributed by atoms with Crippen molar-refractivity contribution in [2.24, 2.45) is 5.73 Å². The molecule has 0 aliphatic heterocycles. The van der Waals surface area contributed by atoms with E-state index in [1.54, 1.807) is 6.07 Å². The molecule has 6 heteroatoms. The molecule has 5 N–H and O–H groups in total. The van der Waals surface area contributed by atoms with Crippen molar-refractivity contribution in [2.45, 2.75) is 6.04 Å². The van der Waals surface area contributed by atoms with Crippen LogP contribution < -0.4 is 11.5 Å². The summed E-state index contributed by atoms with van der Waals surface area (Å²) >= 11 is 0. The molecule has 0 fully saturated rings. The SMILES string of the molecule is Nc1ccc(C(N)CO)cc1[N+](=O)[O-]. The Morgan fingerprint density at radius 1 is 1.57 bits per heavy atom. The summed E-state index contributed by atoms with van der Waals surface area (Å²) < 4.78 is 0. The molecular formula is C8H11N3O3. The van der Waals surface area contributed by atoms with E-state index in [0.29, 0.717) is 5.56 Å². The van der Waals surface area contributed by atoms with Gasteiger partial charge in [0.2, 0.25) is 0 Å². The van der Waals surface area contributed by atoms with Gasteiger partial charge in [-0.05, 0) is 11.6 Å². The Hall–Kier alpha value is -1.66. The Morgan fingerprint density at radius 2 is 2.21 bits per heavy atom. The third-order valence-corrected chi connectivity index (χ3v) is 1.88. The fourth-order valence-corrected chi connectivity index (χ4v) is 1.05. The lowest BCUT2D eigenvalue weighted by atomic mass is 10.1. The number of aliphatic hydroxyl groups is 1. The number of aliphatic hydroxyl groups excluding tert-OH is 1. The summed E-state index contributed by atoms with van der Waals surface area (Å²) in [7, 11) is 0. The third kappa shape index (κ3) is 1.98. The molecule has 0 radical (unpaired) electrons. The fourth-order valence-electron chi connectivity index (χ4n) is 1.05. The number of rotatable bonds is 3. The van der Waals surface area contributed by atoms with E-state index in [1.165, 1.54) is 12.1 Å². The molecule has 0 aliphatic carbocycles. The fraction of sp³-hybridized carbons (Fsp3) is 0.250. The summed E-state index contributed by atoms with van der Waals surface area (Å²) in [6.07, 6.45) is 0. The van der Waals surface area contributed by atoms with E-state index < -0.39 is 11.0 Å². The summed E-state index contributed by atoms with van der Waals surface area (Å²) in [4.78, 5) is 9.93. The van der Waals surface area contributed by atoms with Gasteiger partial charge < -0.3 is 16.6 Å². The molecule has 76 valence electrons. The Kier molecular flexibility index (Phi) is 3.00. The number of hydrogen-bond donors (Lipinski definition) is 3. The van der Waals surface area contributed by atoms with Gasteiger partial charge in [0, 0.05) is 6.07 Å². The molecule has 1 unspecified atom stereocenters. The highest BCUT2D eigenvalue weighted by Gasteiger charge is 2.14. The molecule has 0 aliphatic rings. The van der Waals surface area contributed by atoms with E-state index in [0.717, 1.165) is 0 Å². The van der Waals surface area contributed by atoms with Crippen molar-refractivity contribution in [3.8, 4) is 0 Å². The standard InChI is InChI=1S/C8H11N3O3/c9-6-2-1-5(7(10)4-12)3-8(6)11(13)14/h1-3,7,12H,4,9-10H2. The first-order valence-corrected chi connectivity index (χ1v) is 3.96. The van der Waals surface area contributed by atoms with Crippen molar-refractivity contribution in [1.29, 1.82) is 0 Å². The summed E-state index contributed by atoms with van der Waals surface area (Å²) in [6.45, 7) is -0.263. The van der Waals surface area contributed by atoms with Gasteiger partial charge in [0.1, 0.15) is 5.69 Å². The number of benzene rings is 1. The highest BCUT2D eigenvalue weighted by atomic mass is 16.6. The third-order valence-electron chi connectivity index (χ3n) is 1.88. The van der Waals surface area contributed by atoms with Crippen LogP contribution in [0.4, 0.5) is 11.4 Å². The van der Waals surface area contributed by atoms with Crippen LogP contribution >= 0.6 is 0 Å². The maximum absolute atomic E-state index is 10.5. The van der Waals surface area contributed by atoms with E-state index in [2.05, 4.69) is 0 Å². The van der Waals surface area contributed by atoms with Gasteiger partial charge in [-0.25, -0.2) is 0 Å². The molecule has 1 atom stereocenters. The first-order valence-electron chi connectivity index (χ1n) is 3.96. The van der Waals surface area contributed by atoms with Gasteiger partial charge in [0.25, 0.3) is 5.69 Å². The Labute approximate surface area is 80.3 Å². The highest BCUT2D eigenvalue weighted by molar-refractivity contribution is 5.59. The Bertz CT molecular complexity index is 354. The van der Waals surface area contributed by atoms with Gasteiger partial charge in [-0.15, -0.1) is 0 Å². The van der Waals surface area contributed by atoms with E-state index in [4.69, 9.17) is 16.6 Å². The lowest BCUT2D eigenvalue weighted by Gasteiger charge is -2.08. The maximum Gasteiger partial charge on any atom is 0.292 e. The minimum absolute atomic E-state index is 0.0869. The molecule has 0 saturated heterocycles. The number of anilines is 1. The van der Waals surface area contributed by atoms with Crippen molar-refractivity contribution >= 4 is 11.4 Å². The zero-order valence-electron chi connectivity index (χ0n) is 7.38. The molecule has 0 bridgehead atoms. The maximum atomic E-state index is 10.5. The average molecular weight is 197 g/mol. The predicted molar refractivity (Wildman–Crippen MR) is 51.5 cm³/mol. The van der Waals surface area contributed by atoms with Crippen molar-refractivity contribution in [2.75, 3.05) is 12.3 Å². The molecule has 0 aromatic heterocycles. The number of nitrogen functional groups attached to an aromatic ring is 1. The molecule has 0 heterocycles. The number of nitrogens with zero attached hydrogens (tertiary/aromatic N) is 1. The number of hydrogen-bond acceptors (Lipinski definition) is 5. The average Bonchev–Trinajstić information content (AvgIpc) is 2.17. The monoisotopic (exact) mass is 197 g/mol. The zero-order chi connectivity index (χ0) is 10.7. The number of nitro benzene ring substituents is 1. The minimum Gasteiger partial charge on any atom is -0.394 e. The van der Waals surface area contributed by atoms with Crippen LogP contribution in [0.5, 0.6) is 0 Å². The van der Waals surface area contributed by atoms with Crippen molar-refractivity contribution in [3.63, 3.8) is 0 Å². The van der Waals surface area contributed by atoms with Crippen LogP contribution in [0.15, 0.2) is 18.2 Å². The molecule has 0 amide bonds. The van der Waals surface area contributed by atoms with Crippen LogP contribution in [0.2, 0.25) is 0 Å². The first-order chi connectivity index (χ1) is 6.56. The molecule has 1 aromatic carbocycles. The van der Waals surface area contributed by atoms with Gasteiger partial charge in [-0.3, -0.25) is 10.1 Å². The van der Waals surface area contributed by atoms with E-state index in [1.807, 2.05) is 0 Å². The quantitative estimate of drug-likeness (QED) is 0.363. The molecule has 14 heavy (non-hydrogen) atoms. The topological polar surface area (TPSA) is 115 Å². The van der Waals surface area contributed by atoms with Gasteiger partial charge >= 0.3 is 0 Å². The van der Waals surface area contributed by atoms with Gasteiger partial charge in [-0.1, -0.05) is 6.07 Å². The molecule has 1 aromatic rings. The number of nitrogens with two attached hydrogens (primary N) is 2. The second-order valence-electron chi connectivity index (χ2n) is 2.86. The summed E-state index contributed by atoms with van der Waals surface area (Å²) in [5, 5.41) is 19.3. The van der Waals surface area contributed by atoms with Crippen molar-refractivity contribution < 1.29 is 10.0 Å². The normalized spacial score (nSPS) is 12.4. The molecule has 1 rings (SSSR count). The van der Waals surface area contributed by atoms with Crippen molar-refractivity contribution in [3.05, 3.63) is 33.9 Å². The Balaban J connectivity index is 3.12. The molecule has 0 spiro atoms. The van der Waals surface area contributed by atoms with Crippen LogP contribution in [0.1, 0.15) is 11.6 Å². The largest absolute Gasteiger partial charge is 0.394 e. The first kappa shape index (κ1) is 10.4. The summed E-state index contributed by atoms with van der Waals surface area (Å²) in [6, 6.07) is 3.62. The smallest absolute Gasteiger partial charge is 0.292 e. The molecular weight excluding hydrogens is 186 g/mol. The summed E-state index contributed by atoms with van der Waals surface area (Å²) in [5.74, 6) is 0. The van der Waals surface area contributed by atoms with Crippen LogP contribution in [0, 0.1) is 10.1 Å².